The first-order chi connectivity index (χ1) is 21.8. The molecule has 0 bridgehead atoms. The molecule has 1 aliphatic carbocycles. The zero-order valence-electron chi connectivity index (χ0n) is 24.7. The van der Waals surface area contributed by atoms with Crippen molar-refractivity contribution in [3.05, 3.63) is 78.5 Å². The summed E-state index contributed by atoms with van der Waals surface area (Å²) in [6, 6.07) is 16.3. The Labute approximate surface area is 262 Å². The number of rotatable bonds is 6. The van der Waals surface area contributed by atoms with Crippen LogP contribution in [-0.2, 0) is 25.1 Å². The summed E-state index contributed by atoms with van der Waals surface area (Å²) >= 11 is 0. The number of anilines is 1. The van der Waals surface area contributed by atoms with Crippen LogP contribution in [0.15, 0.2) is 77.8 Å². The highest BCUT2D eigenvalue weighted by Crippen LogP contribution is 2.47. The number of hydrogen-bond acceptors (Lipinski definition) is 7. The van der Waals surface area contributed by atoms with Gasteiger partial charge in [0.15, 0.2) is 0 Å². The summed E-state index contributed by atoms with van der Waals surface area (Å²) < 4.78 is 77.3. The molecule has 244 valence electrons. The van der Waals surface area contributed by atoms with Gasteiger partial charge in [-0.2, -0.15) is 13.5 Å². The molecule has 3 N–H and O–H groups in total. The molecule has 0 radical (unpaired) electrons. The fourth-order valence-electron chi connectivity index (χ4n) is 5.81. The Hall–Kier alpha value is -4.50. The van der Waals surface area contributed by atoms with Crippen molar-refractivity contribution in [2.24, 2.45) is 0 Å². The lowest BCUT2D eigenvalue weighted by molar-refractivity contribution is -0.146. The number of aromatic amines is 1. The molecule has 0 spiro atoms. The van der Waals surface area contributed by atoms with Gasteiger partial charge in [-0.15, -0.1) is 0 Å². The number of nitrogens with zero attached hydrogens (tertiary/aromatic N) is 3. The number of methoxy groups -OCH3 is 1. The molecule has 46 heavy (non-hydrogen) atoms. The van der Waals surface area contributed by atoms with Gasteiger partial charge in [0, 0.05) is 19.3 Å². The molecule has 4 aromatic rings. The van der Waals surface area contributed by atoms with E-state index in [0.29, 0.717) is 22.3 Å². The Morgan fingerprint density at radius 1 is 1.02 bits per heavy atom. The third kappa shape index (κ3) is 7.15. The van der Waals surface area contributed by atoms with E-state index in [-0.39, 0.29) is 36.5 Å². The minimum absolute atomic E-state index is 0.0741. The zero-order chi connectivity index (χ0) is 33.1. The van der Waals surface area contributed by atoms with Crippen LogP contribution in [0.2, 0.25) is 0 Å². The summed E-state index contributed by atoms with van der Waals surface area (Å²) in [5, 5.41) is 9.32. The molecule has 1 saturated carbocycles. The summed E-state index contributed by atoms with van der Waals surface area (Å²) in [6.07, 6.45) is -1.23. The molecule has 2 fully saturated rings. The molecule has 3 heterocycles. The summed E-state index contributed by atoms with van der Waals surface area (Å²) in [7, 11) is -2.50. The van der Waals surface area contributed by atoms with Crippen LogP contribution in [0.4, 0.5) is 19.0 Å². The lowest BCUT2D eigenvalue weighted by Crippen LogP contribution is -2.54. The zero-order valence-corrected chi connectivity index (χ0v) is 25.5. The number of likely N-dealkylation sites (tertiary alicyclic amines) is 1. The van der Waals surface area contributed by atoms with Crippen molar-refractivity contribution in [2.45, 2.75) is 60.6 Å². The normalized spacial score (nSPS) is 20.4. The van der Waals surface area contributed by atoms with E-state index in [4.69, 9.17) is 9.29 Å². The molecule has 0 unspecified atom stereocenters. The van der Waals surface area contributed by atoms with E-state index in [0.717, 1.165) is 0 Å². The van der Waals surface area contributed by atoms with E-state index in [2.05, 4.69) is 20.5 Å². The predicted octanol–water partition coefficient (Wildman–Crippen LogP) is 4.92. The van der Waals surface area contributed by atoms with E-state index in [9.17, 15) is 31.2 Å². The first kappa shape index (κ1) is 32.9. The van der Waals surface area contributed by atoms with Gasteiger partial charge >= 0.3 is 0 Å². The SMILES string of the molecule is COc1ccc(C2(C(=O)N3C[C@H](F)C[C@@H]3C(=O)Nc3ccc4[nH]ncc4n3)CCC(F)(F)CC2)cc1.O=S(=O)(O)c1ccccc1. The third-order valence-electron chi connectivity index (χ3n) is 8.29. The highest BCUT2D eigenvalue weighted by atomic mass is 32.2. The first-order valence-electron chi connectivity index (χ1n) is 14.4. The van der Waals surface area contributed by atoms with Crippen LogP contribution in [0.3, 0.4) is 0 Å². The summed E-state index contributed by atoms with van der Waals surface area (Å²) in [6.45, 7) is -0.278. The molecule has 2 aromatic carbocycles. The van der Waals surface area contributed by atoms with E-state index in [1.807, 2.05) is 0 Å². The van der Waals surface area contributed by atoms with Crippen molar-refractivity contribution in [3.63, 3.8) is 0 Å². The average molecular weight is 660 g/mol. The number of aromatic nitrogens is 3. The molecule has 2 atom stereocenters. The number of carbonyl (C=O) groups is 2. The Bertz CT molecular complexity index is 1790. The van der Waals surface area contributed by atoms with Gasteiger partial charge in [0.25, 0.3) is 10.1 Å². The molecule has 1 aliphatic heterocycles. The quantitative estimate of drug-likeness (QED) is 0.247. The van der Waals surface area contributed by atoms with E-state index >= 15 is 0 Å². The first-order valence-corrected chi connectivity index (χ1v) is 15.9. The number of amides is 2. The molecular formula is C31H32F3N5O6S. The second-order valence-electron chi connectivity index (χ2n) is 11.2. The van der Waals surface area contributed by atoms with Crippen LogP contribution in [0.1, 0.15) is 37.7 Å². The van der Waals surface area contributed by atoms with Crippen LogP contribution in [0.5, 0.6) is 5.75 Å². The second-order valence-corrected chi connectivity index (χ2v) is 12.7. The average Bonchev–Trinajstić information content (AvgIpc) is 3.67. The number of ether oxygens (including phenoxy) is 1. The molecule has 2 amide bonds. The Morgan fingerprint density at radius 3 is 2.30 bits per heavy atom. The Kier molecular flexibility index (Phi) is 9.35. The molecule has 15 heteroatoms. The maximum Gasteiger partial charge on any atom is 0.294 e. The molecule has 2 aliphatic rings. The minimum atomic E-state index is -4.00. The van der Waals surface area contributed by atoms with Crippen molar-refractivity contribution in [3.8, 4) is 5.75 Å². The van der Waals surface area contributed by atoms with Gasteiger partial charge in [0.2, 0.25) is 17.7 Å². The summed E-state index contributed by atoms with van der Waals surface area (Å²) in [5.41, 5.74) is 0.490. The van der Waals surface area contributed by atoms with Crippen LogP contribution >= 0.6 is 0 Å². The smallest absolute Gasteiger partial charge is 0.294 e. The fraction of sp³-hybridized carbons (Fsp3) is 0.355. The Balaban J connectivity index is 0.000000356. The Morgan fingerprint density at radius 2 is 1.70 bits per heavy atom. The van der Waals surface area contributed by atoms with Crippen molar-refractivity contribution in [2.75, 3.05) is 19.0 Å². The third-order valence-corrected chi connectivity index (χ3v) is 9.16. The van der Waals surface area contributed by atoms with Crippen LogP contribution < -0.4 is 10.1 Å². The number of hydrogen-bond donors (Lipinski definition) is 3. The van der Waals surface area contributed by atoms with Gasteiger partial charge in [-0.3, -0.25) is 19.2 Å². The lowest BCUT2D eigenvalue weighted by atomic mass is 9.67. The number of carbonyl (C=O) groups excluding carboxylic acids is 2. The standard InChI is InChI=1S/C25H26F3N5O3.C6H6O3S/c1-36-17-4-2-15(3-5-17)24(8-10-25(27,28)11-9-24)23(35)33-14-16(26)12-20(33)22(34)31-21-7-6-18-19(30-21)13-29-32-18;7-10(8,9)6-4-2-1-3-5-6/h2-7,13,16,20H,8-12,14H2,1H3,(H,29,32)(H,30,31,34);1-5H,(H,7,8,9)/t16-,20-;/m1./s1. The van der Waals surface area contributed by atoms with Crippen molar-refractivity contribution < 1.29 is 40.5 Å². The van der Waals surface area contributed by atoms with E-state index in [1.54, 1.807) is 54.6 Å². The number of fused-ring (bicyclic) bond motifs is 1. The maximum atomic E-state index is 14.6. The number of H-pyrrole nitrogens is 1. The molecule has 2 aromatic heterocycles. The summed E-state index contributed by atoms with van der Waals surface area (Å²) in [4.78, 5) is 32.6. The molecular weight excluding hydrogens is 627 g/mol. The van der Waals surface area contributed by atoms with Gasteiger partial charge in [-0.1, -0.05) is 30.3 Å². The number of alkyl halides is 3. The number of halogens is 3. The van der Waals surface area contributed by atoms with Gasteiger partial charge in [0.05, 0.1) is 35.7 Å². The predicted molar refractivity (Wildman–Crippen MR) is 162 cm³/mol. The largest absolute Gasteiger partial charge is 0.497 e. The van der Waals surface area contributed by atoms with Crippen molar-refractivity contribution in [1.29, 1.82) is 0 Å². The minimum Gasteiger partial charge on any atom is -0.497 e. The number of benzene rings is 2. The van der Waals surface area contributed by atoms with Gasteiger partial charge < -0.3 is 15.0 Å². The van der Waals surface area contributed by atoms with Crippen LogP contribution in [-0.4, -0.2) is 76.7 Å². The van der Waals surface area contributed by atoms with E-state index in [1.165, 1.54) is 30.3 Å². The second kappa shape index (κ2) is 13.1. The van der Waals surface area contributed by atoms with Gasteiger partial charge in [-0.05, 0) is 54.8 Å². The molecule has 1 saturated heterocycles. The van der Waals surface area contributed by atoms with Crippen molar-refractivity contribution >= 4 is 38.8 Å². The van der Waals surface area contributed by atoms with Crippen LogP contribution in [0.25, 0.3) is 11.0 Å². The van der Waals surface area contributed by atoms with Crippen molar-refractivity contribution in [1.82, 2.24) is 20.1 Å². The lowest BCUT2D eigenvalue weighted by Gasteiger charge is -2.42. The van der Waals surface area contributed by atoms with Crippen LogP contribution in [0, 0.1) is 0 Å². The summed E-state index contributed by atoms with van der Waals surface area (Å²) in [5.74, 6) is -3.16. The highest BCUT2D eigenvalue weighted by molar-refractivity contribution is 7.85. The number of pyridine rings is 1. The highest BCUT2D eigenvalue weighted by Gasteiger charge is 2.53. The monoisotopic (exact) mass is 659 g/mol. The van der Waals surface area contributed by atoms with E-state index < -0.39 is 58.3 Å². The van der Waals surface area contributed by atoms with Gasteiger partial charge in [-0.25, -0.2) is 18.2 Å². The topological polar surface area (TPSA) is 155 Å². The fourth-order valence-corrected chi connectivity index (χ4v) is 6.31. The maximum absolute atomic E-state index is 14.6. The number of nitrogens with one attached hydrogen (secondary N) is 2. The molecule has 11 nitrogen and oxygen atoms in total. The van der Waals surface area contributed by atoms with Gasteiger partial charge in [0.1, 0.15) is 29.3 Å². The molecule has 6 rings (SSSR count).